The summed E-state index contributed by atoms with van der Waals surface area (Å²) >= 11 is 6.19. The molecule has 0 saturated heterocycles. The molecule has 1 aromatic heterocycles. The summed E-state index contributed by atoms with van der Waals surface area (Å²) in [5.41, 5.74) is 0.486. The SMILES string of the molecule is CN(N=O)C1=NC(c2ccccc2Cl)P(=O)(Nc2ncccn2)O1. The van der Waals surface area contributed by atoms with Crippen LogP contribution in [0.25, 0.3) is 0 Å². The van der Waals surface area contributed by atoms with Gasteiger partial charge in [-0.1, -0.05) is 29.8 Å². The summed E-state index contributed by atoms with van der Waals surface area (Å²) in [6.07, 6.45) is 2.98. The highest BCUT2D eigenvalue weighted by Crippen LogP contribution is 2.64. The molecule has 24 heavy (non-hydrogen) atoms. The minimum absolute atomic E-state index is 0.107. The highest BCUT2D eigenvalue weighted by Gasteiger charge is 2.46. The Morgan fingerprint density at radius 1 is 1.29 bits per heavy atom. The van der Waals surface area contributed by atoms with Crippen molar-refractivity contribution in [1.82, 2.24) is 15.0 Å². The minimum atomic E-state index is -3.68. The summed E-state index contributed by atoms with van der Waals surface area (Å²) in [4.78, 5) is 22.9. The molecule has 2 atom stereocenters. The molecule has 1 aliphatic heterocycles. The molecule has 0 bridgehead atoms. The molecular weight excluding hydrogens is 355 g/mol. The van der Waals surface area contributed by atoms with Gasteiger partial charge in [-0.15, -0.1) is 4.91 Å². The quantitative estimate of drug-likeness (QED) is 0.501. The van der Waals surface area contributed by atoms with Crippen molar-refractivity contribution < 1.29 is 9.09 Å². The maximum Gasteiger partial charge on any atom is 0.374 e. The van der Waals surface area contributed by atoms with E-state index in [0.717, 1.165) is 5.01 Å². The number of hydrogen-bond acceptors (Lipinski definition) is 7. The van der Waals surface area contributed by atoms with Gasteiger partial charge in [0.25, 0.3) is 0 Å². The predicted octanol–water partition coefficient (Wildman–Crippen LogP) is 3.43. The highest BCUT2D eigenvalue weighted by atomic mass is 35.5. The molecule has 9 nitrogen and oxygen atoms in total. The number of anilines is 1. The van der Waals surface area contributed by atoms with Crippen LogP contribution in [0.5, 0.6) is 0 Å². The molecule has 0 radical (unpaired) electrons. The van der Waals surface area contributed by atoms with E-state index in [0.29, 0.717) is 10.6 Å². The number of rotatable bonds is 4. The van der Waals surface area contributed by atoms with Gasteiger partial charge in [0.1, 0.15) is 0 Å². The molecule has 1 aliphatic rings. The van der Waals surface area contributed by atoms with Crippen LogP contribution in [0.4, 0.5) is 5.95 Å². The van der Waals surface area contributed by atoms with Gasteiger partial charge in [-0.3, -0.25) is 9.65 Å². The molecule has 11 heteroatoms. The first-order valence-corrected chi connectivity index (χ1v) is 8.84. The van der Waals surface area contributed by atoms with Crippen molar-refractivity contribution in [2.75, 3.05) is 12.1 Å². The first-order valence-electron chi connectivity index (χ1n) is 6.77. The van der Waals surface area contributed by atoms with Crippen molar-refractivity contribution in [2.45, 2.75) is 5.78 Å². The monoisotopic (exact) mass is 366 g/mol. The zero-order valence-electron chi connectivity index (χ0n) is 12.4. The molecule has 2 aromatic rings. The van der Waals surface area contributed by atoms with Gasteiger partial charge in [0, 0.05) is 30.0 Å². The molecule has 3 rings (SSSR count). The van der Waals surface area contributed by atoms with E-state index in [4.69, 9.17) is 16.1 Å². The topological polar surface area (TPSA) is 109 Å². The lowest BCUT2D eigenvalue weighted by atomic mass is 10.2. The van der Waals surface area contributed by atoms with Crippen LogP contribution in [0.1, 0.15) is 11.3 Å². The average Bonchev–Trinajstić information content (AvgIpc) is 2.92. The summed E-state index contributed by atoms with van der Waals surface area (Å²) in [5, 5.41) is 6.59. The second kappa shape index (κ2) is 6.54. The van der Waals surface area contributed by atoms with E-state index < -0.39 is 13.3 Å². The fourth-order valence-electron chi connectivity index (χ4n) is 2.07. The van der Waals surface area contributed by atoms with Gasteiger partial charge in [-0.25, -0.2) is 15.0 Å². The van der Waals surface area contributed by atoms with Gasteiger partial charge in [0.15, 0.2) is 5.78 Å². The Morgan fingerprint density at radius 3 is 2.67 bits per heavy atom. The Bertz CT molecular complexity index is 833. The smallest absolute Gasteiger partial charge is 0.374 e. The fraction of sp³-hybridized carbons (Fsp3) is 0.154. The molecule has 1 N–H and O–H groups in total. The summed E-state index contributed by atoms with van der Waals surface area (Å²) in [5.74, 6) is -0.856. The van der Waals surface area contributed by atoms with Crippen molar-refractivity contribution in [3.63, 3.8) is 0 Å². The number of amidine groups is 1. The van der Waals surface area contributed by atoms with E-state index in [1.807, 2.05) is 0 Å². The fourth-order valence-corrected chi connectivity index (χ4v) is 4.30. The largest absolute Gasteiger partial charge is 0.393 e. The summed E-state index contributed by atoms with van der Waals surface area (Å²) in [6, 6.07) is 8.24. The number of benzene rings is 1. The molecule has 0 amide bonds. The second-order valence-corrected chi connectivity index (χ2v) is 7.28. The van der Waals surface area contributed by atoms with Crippen LogP contribution in [0.3, 0.4) is 0 Å². The number of aromatic nitrogens is 2. The van der Waals surface area contributed by atoms with Crippen LogP contribution in [-0.4, -0.2) is 28.0 Å². The average molecular weight is 367 g/mol. The van der Waals surface area contributed by atoms with Crippen LogP contribution >= 0.6 is 19.1 Å². The first kappa shape index (κ1) is 16.4. The Morgan fingerprint density at radius 2 is 2.00 bits per heavy atom. The van der Waals surface area contributed by atoms with Crippen molar-refractivity contribution >= 4 is 31.1 Å². The summed E-state index contributed by atoms with van der Waals surface area (Å²) in [6.45, 7) is 0. The number of hydrogen-bond donors (Lipinski definition) is 1. The molecule has 0 fully saturated rings. The van der Waals surface area contributed by atoms with E-state index in [-0.39, 0.29) is 12.0 Å². The minimum Gasteiger partial charge on any atom is -0.393 e. The van der Waals surface area contributed by atoms with Gasteiger partial charge in [-0.05, 0) is 12.1 Å². The zero-order valence-corrected chi connectivity index (χ0v) is 14.1. The maximum atomic E-state index is 13.3. The Hall–Kier alpha value is -2.51. The van der Waals surface area contributed by atoms with Gasteiger partial charge in [-0.2, -0.15) is 5.01 Å². The Kier molecular flexibility index (Phi) is 4.46. The van der Waals surface area contributed by atoms with Gasteiger partial charge >= 0.3 is 13.5 Å². The third kappa shape index (κ3) is 3.08. The third-order valence-electron chi connectivity index (χ3n) is 3.18. The molecule has 2 heterocycles. The van der Waals surface area contributed by atoms with Gasteiger partial charge < -0.3 is 4.52 Å². The molecule has 1 aromatic carbocycles. The number of aliphatic imine (C=N–C) groups is 1. The van der Waals surface area contributed by atoms with Crippen molar-refractivity contribution in [2.24, 2.45) is 10.3 Å². The second-order valence-electron chi connectivity index (χ2n) is 4.78. The molecule has 0 saturated carbocycles. The zero-order chi connectivity index (χ0) is 17.2. The van der Waals surface area contributed by atoms with E-state index >= 15 is 0 Å². The lowest BCUT2D eigenvalue weighted by molar-refractivity contribution is 0.403. The lowest BCUT2D eigenvalue weighted by Gasteiger charge is -2.19. The number of nitrogens with one attached hydrogen (secondary N) is 1. The normalized spacial score (nSPS) is 22.4. The number of nitroso groups, excluding NO2 is 1. The Labute approximate surface area is 142 Å². The van der Waals surface area contributed by atoms with Crippen LogP contribution in [0.15, 0.2) is 53.0 Å². The van der Waals surface area contributed by atoms with Crippen LogP contribution in [-0.2, 0) is 9.09 Å². The Balaban J connectivity index is 2.02. The molecular formula is C13H12ClN6O3P. The maximum absolute atomic E-state index is 13.3. The number of halogens is 1. The summed E-state index contributed by atoms with van der Waals surface area (Å²) in [7, 11) is -2.34. The van der Waals surface area contributed by atoms with Crippen LogP contribution in [0.2, 0.25) is 5.02 Å². The van der Waals surface area contributed by atoms with Crippen molar-refractivity contribution in [1.29, 1.82) is 0 Å². The third-order valence-corrected chi connectivity index (χ3v) is 5.50. The van der Waals surface area contributed by atoms with Gasteiger partial charge in [0.05, 0.1) is 5.29 Å². The van der Waals surface area contributed by atoms with Crippen molar-refractivity contribution in [3.05, 3.63) is 58.2 Å². The molecule has 0 spiro atoms. The van der Waals surface area contributed by atoms with Crippen LogP contribution < -0.4 is 5.09 Å². The number of nitrogens with zero attached hydrogens (tertiary/aromatic N) is 5. The van der Waals surface area contributed by atoms with E-state index in [1.165, 1.54) is 19.4 Å². The predicted molar refractivity (Wildman–Crippen MR) is 89.5 cm³/mol. The molecule has 0 aliphatic carbocycles. The molecule has 2 unspecified atom stereocenters. The van der Waals surface area contributed by atoms with Gasteiger partial charge in [0.2, 0.25) is 5.95 Å². The van der Waals surface area contributed by atoms with Crippen molar-refractivity contribution in [3.8, 4) is 0 Å². The first-order chi connectivity index (χ1) is 11.5. The van der Waals surface area contributed by atoms with Crippen LogP contribution in [0, 0.1) is 4.91 Å². The highest BCUT2D eigenvalue weighted by molar-refractivity contribution is 7.61. The van der Waals surface area contributed by atoms with E-state index in [2.05, 4.69) is 25.3 Å². The standard InChI is InChI=1S/C13H12ClN6O3P/c1-20(19-21)13-17-11(9-5-2-3-6-10(9)14)24(22,23-13)18-12-15-7-4-8-16-12/h2-8,11H,1H3,(H,15,16,18,22). The summed E-state index contributed by atoms with van der Waals surface area (Å²) < 4.78 is 18.8. The van der Waals surface area contributed by atoms with E-state index in [1.54, 1.807) is 30.3 Å². The lowest BCUT2D eigenvalue weighted by Crippen LogP contribution is -2.20. The molecule has 124 valence electrons. The van der Waals surface area contributed by atoms with E-state index in [9.17, 15) is 9.47 Å².